The van der Waals surface area contributed by atoms with Crippen LogP contribution in [0.5, 0.6) is 0 Å². The topological polar surface area (TPSA) is 85.1 Å². The highest BCUT2D eigenvalue weighted by Crippen LogP contribution is 2.34. The van der Waals surface area contributed by atoms with Crippen LogP contribution in [0, 0.1) is 0 Å². The van der Waals surface area contributed by atoms with Crippen LogP contribution in [0.3, 0.4) is 0 Å². The fourth-order valence-corrected chi connectivity index (χ4v) is 6.36. The normalized spacial score (nSPS) is 11.6. The Morgan fingerprint density at radius 1 is 0.553 bits per heavy atom. The van der Waals surface area contributed by atoms with Crippen molar-refractivity contribution in [2.45, 2.75) is 26.3 Å². The molecule has 1 atom stereocenters. The molecule has 0 saturated carbocycles. The predicted molar refractivity (Wildman–Crippen MR) is 203 cm³/mol. The van der Waals surface area contributed by atoms with E-state index in [-0.39, 0.29) is 0 Å². The van der Waals surface area contributed by atoms with Gasteiger partial charge in [0.1, 0.15) is 0 Å². The van der Waals surface area contributed by atoms with Gasteiger partial charge in [-0.2, -0.15) is 0 Å². The number of hydrogen-bond acceptors (Lipinski definition) is 8. The Bertz CT molecular complexity index is 2110. The van der Waals surface area contributed by atoms with Crippen LogP contribution < -0.4 is 32.3 Å². The van der Waals surface area contributed by atoms with Gasteiger partial charge in [0.05, 0.1) is 27.6 Å². The molecule has 7 rings (SSSR count). The molecule has 47 heavy (non-hydrogen) atoms. The van der Waals surface area contributed by atoms with E-state index in [1.807, 2.05) is 48.7 Å². The molecule has 234 valence electrons. The van der Waals surface area contributed by atoms with E-state index in [0.29, 0.717) is 6.04 Å². The van der Waals surface area contributed by atoms with Crippen molar-refractivity contribution in [1.29, 1.82) is 0 Å². The molecule has 0 spiro atoms. The summed E-state index contributed by atoms with van der Waals surface area (Å²) < 4.78 is 0. The molecule has 7 aromatic rings. The SMILES string of the molecule is CCC(C)Nc1ccc(NNc2ccc(NNc3ccc(Nc4ncc(-c5ccccc5)s4)cc3)c3ccccc23)c2ccccc12. The highest BCUT2D eigenvalue weighted by molar-refractivity contribution is 7.18. The molecule has 6 aromatic carbocycles. The second-order valence-electron chi connectivity index (χ2n) is 11.5. The first kappa shape index (κ1) is 30.0. The lowest BCUT2D eigenvalue weighted by molar-refractivity contribution is 0.765. The first-order chi connectivity index (χ1) is 23.1. The number of aromatic nitrogens is 1. The number of hydrogen-bond donors (Lipinski definition) is 6. The van der Waals surface area contributed by atoms with Gasteiger partial charge >= 0.3 is 0 Å². The minimum Gasteiger partial charge on any atom is -0.382 e. The quantitative estimate of drug-likeness (QED) is 0.0745. The summed E-state index contributed by atoms with van der Waals surface area (Å²) in [6, 6.07) is 44.2. The van der Waals surface area contributed by atoms with E-state index in [1.54, 1.807) is 11.3 Å². The van der Waals surface area contributed by atoms with Gasteiger partial charge in [-0.25, -0.2) is 4.98 Å². The standard InChI is InChI=1S/C39H37N7S/c1-3-26(2)41-34-21-22-36(31-14-8-7-13-30(31)34)45-46-37-24-23-35(32-15-9-10-16-33(32)37)44-43-29-19-17-28(18-20-29)42-39-40-25-38(47-39)27-11-5-4-6-12-27/h4-26,41,43-46H,3H2,1-2H3,(H,40,42). The van der Waals surface area contributed by atoms with Crippen LogP contribution in [0.4, 0.5) is 39.3 Å². The molecule has 1 heterocycles. The van der Waals surface area contributed by atoms with Crippen molar-refractivity contribution in [3.05, 3.63) is 134 Å². The molecule has 8 heteroatoms. The van der Waals surface area contributed by atoms with Gasteiger partial charge in [-0.3, -0.25) is 0 Å². The maximum absolute atomic E-state index is 4.55. The highest BCUT2D eigenvalue weighted by Gasteiger charge is 2.10. The van der Waals surface area contributed by atoms with Crippen molar-refractivity contribution < 1.29 is 0 Å². The predicted octanol–water partition coefficient (Wildman–Crippen LogP) is 10.9. The Balaban J connectivity index is 1.02. The Kier molecular flexibility index (Phi) is 8.75. The molecule has 0 aliphatic rings. The van der Waals surface area contributed by atoms with Crippen LogP contribution in [-0.2, 0) is 0 Å². The number of thiazole rings is 1. The Labute approximate surface area is 279 Å². The van der Waals surface area contributed by atoms with Crippen LogP contribution in [0.2, 0.25) is 0 Å². The lowest BCUT2D eigenvalue weighted by Crippen LogP contribution is -2.14. The van der Waals surface area contributed by atoms with Gasteiger partial charge < -0.3 is 32.3 Å². The average Bonchev–Trinajstić information content (AvgIpc) is 3.60. The number of hydrazine groups is 2. The van der Waals surface area contributed by atoms with Gasteiger partial charge in [0.25, 0.3) is 0 Å². The van der Waals surface area contributed by atoms with Crippen molar-refractivity contribution in [3.63, 3.8) is 0 Å². The molecule has 0 saturated heterocycles. The Hall–Kier alpha value is -5.73. The number of nitrogens with zero attached hydrogens (tertiary/aromatic N) is 1. The Morgan fingerprint density at radius 3 is 1.62 bits per heavy atom. The van der Waals surface area contributed by atoms with Crippen LogP contribution in [0.1, 0.15) is 20.3 Å². The van der Waals surface area contributed by atoms with Gasteiger partial charge in [-0.05, 0) is 67.4 Å². The smallest absolute Gasteiger partial charge is 0.187 e. The maximum atomic E-state index is 4.55. The summed E-state index contributed by atoms with van der Waals surface area (Å²) in [6.07, 6.45) is 2.98. The van der Waals surface area contributed by atoms with Gasteiger partial charge in [0, 0.05) is 45.2 Å². The fourth-order valence-electron chi connectivity index (χ4n) is 5.52. The molecule has 0 amide bonds. The summed E-state index contributed by atoms with van der Waals surface area (Å²) >= 11 is 1.64. The van der Waals surface area contributed by atoms with E-state index in [1.165, 1.54) is 10.9 Å². The average molecular weight is 636 g/mol. The van der Waals surface area contributed by atoms with Crippen molar-refractivity contribution in [1.82, 2.24) is 4.98 Å². The van der Waals surface area contributed by atoms with Crippen LogP contribution >= 0.6 is 11.3 Å². The first-order valence-electron chi connectivity index (χ1n) is 15.9. The highest BCUT2D eigenvalue weighted by atomic mass is 32.1. The summed E-state index contributed by atoms with van der Waals surface area (Å²) in [4.78, 5) is 5.68. The number of benzene rings is 6. The lowest BCUT2D eigenvalue weighted by Gasteiger charge is -2.19. The van der Waals surface area contributed by atoms with E-state index < -0.39 is 0 Å². The second kappa shape index (κ2) is 13.7. The van der Waals surface area contributed by atoms with Crippen LogP contribution in [0.15, 0.2) is 134 Å². The van der Waals surface area contributed by atoms with Gasteiger partial charge in [0.2, 0.25) is 0 Å². The zero-order valence-corrected chi connectivity index (χ0v) is 27.2. The molecule has 0 bridgehead atoms. The van der Waals surface area contributed by atoms with Crippen molar-refractivity contribution in [2.75, 3.05) is 32.3 Å². The number of rotatable bonds is 12. The third-order valence-corrected chi connectivity index (χ3v) is 9.20. The number of fused-ring (bicyclic) bond motifs is 2. The van der Waals surface area contributed by atoms with Gasteiger partial charge in [-0.1, -0.05) is 97.1 Å². The zero-order chi connectivity index (χ0) is 32.0. The number of anilines is 7. The van der Waals surface area contributed by atoms with E-state index in [0.717, 1.165) is 66.7 Å². The summed E-state index contributed by atoms with van der Waals surface area (Å²) in [5, 5.41) is 12.5. The lowest BCUT2D eigenvalue weighted by atomic mass is 10.1. The summed E-state index contributed by atoms with van der Waals surface area (Å²) in [5.41, 5.74) is 21.0. The minimum atomic E-state index is 0.405. The molecule has 0 radical (unpaired) electrons. The number of nitrogens with one attached hydrogen (secondary N) is 6. The summed E-state index contributed by atoms with van der Waals surface area (Å²) in [5.74, 6) is 0. The van der Waals surface area contributed by atoms with Crippen molar-refractivity contribution >= 4 is 72.1 Å². The first-order valence-corrected chi connectivity index (χ1v) is 16.7. The van der Waals surface area contributed by atoms with Gasteiger partial charge in [0.15, 0.2) is 5.13 Å². The third-order valence-electron chi connectivity index (χ3n) is 8.24. The molecule has 1 unspecified atom stereocenters. The summed E-state index contributed by atoms with van der Waals surface area (Å²) in [7, 11) is 0. The third kappa shape index (κ3) is 6.78. The molecular weight excluding hydrogens is 599 g/mol. The monoisotopic (exact) mass is 635 g/mol. The molecular formula is C39H37N7S. The van der Waals surface area contributed by atoms with Crippen LogP contribution in [0.25, 0.3) is 32.0 Å². The molecule has 6 N–H and O–H groups in total. The molecule has 7 nitrogen and oxygen atoms in total. The largest absolute Gasteiger partial charge is 0.382 e. The fraction of sp³-hybridized carbons (Fsp3) is 0.103. The maximum Gasteiger partial charge on any atom is 0.187 e. The van der Waals surface area contributed by atoms with E-state index in [2.05, 4.69) is 136 Å². The summed E-state index contributed by atoms with van der Waals surface area (Å²) in [6.45, 7) is 4.41. The van der Waals surface area contributed by atoms with Crippen molar-refractivity contribution in [2.24, 2.45) is 0 Å². The van der Waals surface area contributed by atoms with Crippen molar-refractivity contribution in [3.8, 4) is 10.4 Å². The Morgan fingerprint density at radius 2 is 1.04 bits per heavy atom. The molecule has 0 fully saturated rings. The van der Waals surface area contributed by atoms with E-state index >= 15 is 0 Å². The minimum absolute atomic E-state index is 0.405. The van der Waals surface area contributed by atoms with Gasteiger partial charge in [-0.15, -0.1) is 0 Å². The molecule has 1 aromatic heterocycles. The molecule has 0 aliphatic heterocycles. The molecule has 0 aliphatic carbocycles. The van der Waals surface area contributed by atoms with Crippen LogP contribution in [-0.4, -0.2) is 11.0 Å². The zero-order valence-electron chi connectivity index (χ0n) is 26.3. The van der Waals surface area contributed by atoms with E-state index in [9.17, 15) is 0 Å². The van der Waals surface area contributed by atoms with E-state index in [4.69, 9.17) is 0 Å². The second-order valence-corrected chi connectivity index (χ2v) is 12.5.